The minimum absolute atomic E-state index is 0.528. The summed E-state index contributed by atoms with van der Waals surface area (Å²) >= 11 is 6.35. The van der Waals surface area contributed by atoms with Crippen LogP contribution in [0.5, 0.6) is 0 Å². The lowest BCUT2D eigenvalue weighted by Crippen LogP contribution is -2.24. The standard InChI is InChI=1S/C15H19ClN4/c1-2-11-5-3-7-13(11)19-14-8-4-6-12(16)15(14)20-10-17-9-18-20/h4,6,8-11,13,19H,2-3,5,7H2,1H3. The van der Waals surface area contributed by atoms with Gasteiger partial charge in [0.1, 0.15) is 18.3 Å². The molecule has 20 heavy (non-hydrogen) atoms. The number of para-hydroxylation sites is 1. The van der Waals surface area contributed by atoms with E-state index in [2.05, 4.69) is 28.4 Å². The molecule has 1 N–H and O–H groups in total. The van der Waals surface area contributed by atoms with Crippen LogP contribution in [0.4, 0.5) is 5.69 Å². The molecule has 1 aliphatic rings. The lowest BCUT2D eigenvalue weighted by atomic mass is 10.0. The predicted molar refractivity (Wildman–Crippen MR) is 81.4 cm³/mol. The minimum atomic E-state index is 0.528. The highest BCUT2D eigenvalue weighted by molar-refractivity contribution is 6.33. The number of aromatic nitrogens is 3. The first-order valence-corrected chi connectivity index (χ1v) is 7.57. The molecule has 5 heteroatoms. The van der Waals surface area contributed by atoms with E-state index in [4.69, 9.17) is 11.6 Å². The molecule has 3 rings (SSSR count). The van der Waals surface area contributed by atoms with Crippen LogP contribution < -0.4 is 5.32 Å². The molecule has 0 spiro atoms. The van der Waals surface area contributed by atoms with Gasteiger partial charge in [0.05, 0.1) is 10.7 Å². The van der Waals surface area contributed by atoms with E-state index >= 15 is 0 Å². The molecule has 0 bridgehead atoms. The van der Waals surface area contributed by atoms with Gasteiger partial charge in [-0.1, -0.05) is 37.4 Å². The summed E-state index contributed by atoms with van der Waals surface area (Å²) in [5.74, 6) is 0.748. The van der Waals surface area contributed by atoms with Gasteiger partial charge < -0.3 is 5.32 Å². The number of rotatable bonds is 4. The summed E-state index contributed by atoms with van der Waals surface area (Å²) in [6.07, 6.45) is 8.26. The molecule has 1 heterocycles. The highest BCUT2D eigenvalue weighted by Crippen LogP contribution is 2.34. The number of hydrogen-bond donors (Lipinski definition) is 1. The lowest BCUT2D eigenvalue weighted by Gasteiger charge is -2.23. The van der Waals surface area contributed by atoms with E-state index in [1.807, 2.05) is 12.1 Å². The number of hydrogen-bond acceptors (Lipinski definition) is 3. The molecule has 0 saturated heterocycles. The average Bonchev–Trinajstić information content (AvgIpc) is 3.10. The maximum atomic E-state index is 6.35. The Morgan fingerprint density at radius 3 is 3.05 bits per heavy atom. The second-order valence-electron chi connectivity index (χ2n) is 5.33. The van der Waals surface area contributed by atoms with E-state index in [1.54, 1.807) is 11.0 Å². The topological polar surface area (TPSA) is 42.7 Å². The van der Waals surface area contributed by atoms with Crippen LogP contribution in [0.1, 0.15) is 32.6 Å². The zero-order chi connectivity index (χ0) is 13.9. The quantitative estimate of drug-likeness (QED) is 0.928. The fraction of sp³-hybridized carbons (Fsp3) is 0.467. The third-order valence-electron chi connectivity index (χ3n) is 4.16. The number of nitrogens with zero attached hydrogens (tertiary/aromatic N) is 3. The van der Waals surface area contributed by atoms with Crippen molar-refractivity contribution in [3.63, 3.8) is 0 Å². The number of halogens is 1. The van der Waals surface area contributed by atoms with Crippen LogP contribution in [-0.4, -0.2) is 20.8 Å². The zero-order valence-electron chi connectivity index (χ0n) is 11.6. The van der Waals surface area contributed by atoms with E-state index in [-0.39, 0.29) is 0 Å². The van der Waals surface area contributed by atoms with Gasteiger partial charge in [0.25, 0.3) is 0 Å². The van der Waals surface area contributed by atoms with Crippen molar-refractivity contribution in [1.29, 1.82) is 0 Å². The molecule has 1 aliphatic carbocycles. The Labute approximate surface area is 124 Å². The van der Waals surface area contributed by atoms with E-state index < -0.39 is 0 Å². The molecule has 0 aliphatic heterocycles. The number of nitrogens with one attached hydrogen (secondary N) is 1. The fourth-order valence-electron chi connectivity index (χ4n) is 3.10. The van der Waals surface area contributed by atoms with Crippen LogP contribution in [-0.2, 0) is 0 Å². The summed E-state index contributed by atoms with van der Waals surface area (Å²) in [5.41, 5.74) is 1.92. The Morgan fingerprint density at radius 1 is 1.40 bits per heavy atom. The normalized spacial score (nSPS) is 22.1. The molecule has 4 nitrogen and oxygen atoms in total. The molecule has 0 radical (unpaired) electrons. The van der Waals surface area contributed by atoms with Crippen LogP contribution in [0.25, 0.3) is 5.69 Å². The molecule has 2 unspecified atom stereocenters. The molecule has 1 aromatic heterocycles. The molecular formula is C15H19ClN4. The van der Waals surface area contributed by atoms with E-state index in [9.17, 15) is 0 Å². The third kappa shape index (κ3) is 2.52. The smallest absolute Gasteiger partial charge is 0.138 e. The summed E-state index contributed by atoms with van der Waals surface area (Å²) in [5, 5.41) is 8.56. The van der Waals surface area contributed by atoms with Crippen molar-refractivity contribution in [3.8, 4) is 5.69 Å². The van der Waals surface area contributed by atoms with Crippen molar-refractivity contribution in [3.05, 3.63) is 35.9 Å². The summed E-state index contributed by atoms with van der Waals surface area (Å²) in [4.78, 5) is 4.01. The SMILES string of the molecule is CCC1CCCC1Nc1cccc(Cl)c1-n1cncn1. The summed E-state index contributed by atoms with van der Waals surface area (Å²) < 4.78 is 1.72. The van der Waals surface area contributed by atoms with Crippen molar-refractivity contribution < 1.29 is 0 Å². The Hall–Kier alpha value is -1.55. The zero-order valence-corrected chi connectivity index (χ0v) is 12.3. The van der Waals surface area contributed by atoms with Crippen LogP contribution in [0, 0.1) is 5.92 Å². The van der Waals surface area contributed by atoms with Crippen LogP contribution in [0.2, 0.25) is 5.02 Å². The third-order valence-corrected chi connectivity index (χ3v) is 4.46. The second kappa shape index (κ2) is 5.83. The van der Waals surface area contributed by atoms with Gasteiger partial charge in [-0.15, -0.1) is 0 Å². The van der Waals surface area contributed by atoms with Crippen LogP contribution >= 0.6 is 11.6 Å². The molecule has 1 aromatic carbocycles. The number of benzene rings is 1. The molecule has 106 valence electrons. The van der Waals surface area contributed by atoms with Gasteiger partial charge in [-0.3, -0.25) is 0 Å². The van der Waals surface area contributed by atoms with Gasteiger partial charge >= 0.3 is 0 Å². The van der Waals surface area contributed by atoms with Crippen molar-refractivity contribution in [2.24, 2.45) is 5.92 Å². The lowest BCUT2D eigenvalue weighted by molar-refractivity contribution is 0.489. The van der Waals surface area contributed by atoms with E-state index in [0.717, 1.165) is 17.3 Å². The van der Waals surface area contributed by atoms with Gasteiger partial charge in [0, 0.05) is 6.04 Å². The number of anilines is 1. The first kappa shape index (κ1) is 13.4. The van der Waals surface area contributed by atoms with Gasteiger partial charge in [-0.05, 0) is 30.9 Å². The van der Waals surface area contributed by atoms with Gasteiger partial charge in [-0.2, -0.15) is 5.10 Å². The van der Waals surface area contributed by atoms with Crippen molar-refractivity contribution in [2.45, 2.75) is 38.6 Å². The van der Waals surface area contributed by atoms with Crippen LogP contribution in [0.3, 0.4) is 0 Å². The van der Waals surface area contributed by atoms with E-state index in [1.165, 1.54) is 32.0 Å². The molecule has 0 amide bonds. The Morgan fingerprint density at radius 2 is 2.30 bits per heavy atom. The maximum absolute atomic E-state index is 6.35. The van der Waals surface area contributed by atoms with Gasteiger partial charge in [-0.25, -0.2) is 9.67 Å². The van der Waals surface area contributed by atoms with Gasteiger partial charge in [0.15, 0.2) is 0 Å². The predicted octanol–water partition coefficient (Wildman–Crippen LogP) is 3.91. The molecule has 1 fully saturated rings. The molecule has 2 aromatic rings. The summed E-state index contributed by atoms with van der Waals surface area (Å²) in [6.45, 7) is 2.26. The summed E-state index contributed by atoms with van der Waals surface area (Å²) in [6, 6.07) is 6.45. The maximum Gasteiger partial charge on any atom is 0.138 e. The Balaban J connectivity index is 1.92. The molecular weight excluding hydrogens is 272 g/mol. The monoisotopic (exact) mass is 290 g/mol. The van der Waals surface area contributed by atoms with Crippen molar-refractivity contribution in [2.75, 3.05) is 5.32 Å². The molecule has 1 saturated carbocycles. The average molecular weight is 291 g/mol. The molecule has 2 atom stereocenters. The highest BCUT2D eigenvalue weighted by atomic mass is 35.5. The largest absolute Gasteiger partial charge is 0.380 e. The Kier molecular flexibility index (Phi) is 3.92. The Bertz CT molecular complexity index is 567. The first-order chi connectivity index (χ1) is 9.79. The fourth-order valence-corrected chi connectivity index (χ4v) is 3.36. The minimum Gasteiger partial charge on any atom is -0.380 e. The van der Waals surface area contributed by atoms with Crippen molar-refractivity contribution >= 4 is 17.3 Å². The van der Waals surface area contributed by atoms with Crippen LogP contribution in [0.15, 0.2) is 30.9 Å². The highest BCUT2D eigenvalue weighted by Gasteiger charge is 2.26. The summed E-state index contributed by atoms with van der Waals surface area (Å²) in [7, 11) is 0. The van der Waals surface area contributed by atoms with E-state index in [0.29, 0.717) is 11.1 Å². The second-order valence-corrected chi connectivity index (χ2v) is 5.73. The van der Waals surface area contributed by atoms with Gasteiger partial charge in [0.2, 0.25) is 0 Å². The van der Waals surface area contributed by atoms with Crippen molar-refractivity contribution in [1.82, 2.24) is 14.8 Å². The first-order valence-electron chi connectivity index (χ1n) is 7.19.